The summed E-state index contributed by atoms with van der Waals surface area (Å²) in [6.07, 6.45) is 1.11. The molecule has 2 rings (SSSR count). The number of benzene rings is 1. The molecular weight excluding hydrogens is 312 g/mol. The molecule has 0 aliphatic carbocycles. The molecule has 1 N–H and O–H groups in total. The lowest BCUT2D eigenvalue weighted by Crippen LogP contribution is -2.26. The van der Waals surface area contributed by atoms with Gasteiger partial charge in [-0.15, -0.1) is 11.3 Å². The Morgan fingerprint density at radius 2 is 2.09 bits per heavy atom. The van der Waals surface area contributed by atoms with E-state index in [9.17, 15) is 4.79 Å². The highest BCUT2D eigenvalue weighted by molar-refractivity contribution is 7.09. The van der Waals surface area contributed by atoms with Crippen molar-refractivity contribution in [1.82, 2.24) is 10.3 Å². The Bertz CT molecular complexity index is 611. The molecule has 2 aromatic rings. The summed E-state index contributed by atoms with van der Waals surface area (Å²) >= 11 is 1.51. The second-order valence-electron chi connectivity index (χ2n) is 5.21. The van der Waals surface area contributed by atoms with Crippen LogP contribution in [0.3, 0.4) is 0 Å². The predicted octanol–water partition coefficient (Wildman–Crippen LogP) is 2.73. The topological polar surface area (TPSA) is 60.5 Å². The summed E-state index contributed by atoms with van der Waals surface area (Å²) in [4.78, 5) is 16.2. The molecule has 5 nitrogen and oxygen atoms in total. The maximum atomic E-state index is 11.8. The monoisotopic (exact) mass is 334 g/mol. The Labute approximate surface area is 140 Å². The number of methoxy groups -OCH3 is 1. The van der Waals surface area contributed by atoms with Crippen LogP contribution in [-0.4, -0.2) is 31.2 Å². The van der Waals surface area contributed by atoms with Gasteiger partial charge in [-0.25, -0.2) is 4.98 Å². The van der Waals surface area contributed by atoms with Gasteiger partial charge in [-0.1, -0.05) is 17.7 Å². The molecule has 0 aliphatic heterocycles. The number of nitrogens with zero attached hydrogens (tertiary/aromatic N) is 1. The summed E-state index contributed by atoms with van der Waals surface area (Å²) in [7, 11) is 1.65. The standard InChI is InChI=1S/C17H22N2O3S/c1-13-4-6-15(7-5-13)22-11-17-19-14(12-23-17)10-16(20)18-8-3-9-21-2/h4-7,12H,3,8-11H2,1-2H3,(H,18,20). The first-order chi connectivity index (χ1) is 11.2. The van der Waals surface area contributed by atoms with Gasteiger partial charge in [0.05, 0.1) is 12.1 Å². The van der Waals surface area contributed by atoms with Crippen LogP contribution >= 0.6 is 11.3 Å². The molecule has 0 saturated heterocycles. The summed E-state index contributed by atoms with van der Waals surface area (Å²) in [5.74, 6) is 0.806. The largest absolute Gasteiger partial charge is 0.486 e. The fraction of sp³-hybridized carbons (Fsp3) is 0.412. The van der Waals surface area contributed by atoms with Gasteiger partial charge in [0, 0.05) is 25.6 Å². The molecule has 1 aromatic carbocycles. The molecule has 1 heterocycles. The lowest BCUT2D eigenvalue weighted by Gasteiger charge is -2.04. The first kappa shape index (κ1) is 17.4. The molecular formula is C17H22N2O3S. The number of hydrogen-bond acceptors (Lipinski definition) is 5. The minimum absolute atomic E-state index is 0.0163. The van der Waals surface area contributed by atoms with E-state index in [2.05, 4.69) is 10.3 Å². The Hall–Kier alpha value is -1.92. The zero-order valence-corrected chi connectivity index (χ0v) is 14.3. The quantitative estimate of drug-likeness (QED) is 0.716. The number of rotatable bonds is 9. The van der Waals surface area contributed by atoms with E-state index >= 15 is 0 Å². The van der Waals surface area contributed by atoms with E-state index in [0.29, 0.717) is 26.2 Å². The molecule has 6 heteroatoms. The van der Waals surface area contributed by atoms with Gasteiger partial charge in [0.25, 0.3) is 0 Å². The maximum Gasteiger partial charge on any atom is 0.226 e. The first-order valence-corrected chi connectivity index (χ1v) is 8.43. The van der Waals surface area contributed by atoms with Crippen LogP contribution in [0.4, 0.5) is 0 Å². The fourth-order valence-electron chi connectivity index (χ4n) is 1.95. The average Bonchev–Trinajstić information content (AvgIpc) is 2.98. The van der Waals surface area contributed by atoms with Crippen LogP contribution in [0.1, 0.15) is 22.7 Å². The summed E-state index contributed by atoms with van der Waals surface area (Å²) in [5.41, 5.74) is 1.98. The van der Waals surface area contributed by atoms with Crippen molar-refractivity contribution in [2.24, 2.45) is 0 Å². The third-order valence-electron chi connectivity index (χ3n) is 3.17. The number of carbonyl (C=O) groups is 1. The smallest absolute Gasteiger partial charge is 0.226 e. The van der Waals surface area contributed by atoms with Crippen molar-refractivity contribution in [1.29, 1.82) is 0 Å². The van der Waals surface area contributed by atoms with Gasteiger partial charge in [0.2, 0.25) is 5.91 Å². The van der Waals surface area contributed by atoms with Gasteiger partial charge in [-0.3, -0.25) is 4.79 Å². The number of hydrogen-bond donors (Lipinski definition) is 1. The molecule has 0 bridgehead atoms. The molecule has 0 aliphatic rings. The van der Waals surface area contributed by atoms with Gasteiger partial charge < -0.3 is 14.8 Å². The second kappa shape index (κ2) is 9.27. The minimum atomic E-state index is -0.0163. The normalized spacial score (nSPS) is 10.5. The van der Waals surface area contributed by atoms with Crippen molar-refractivity contribution < 1.29 is 14.3 Å². The van der Waals surface area contributed by atoms with Gasteiger partial charge in [-0.05, 0) is 25.5 Å². The van der Waals surface area contributed by atoms with Crippen molar-refractivity contribution >= 4 is 17.2 Å². The maximum absolute atomic E-state index is 11.8. The number of carbonyl (C=O) groups excluding carboxylic acids is 1. The molecule has 0 saturated carbocycles. The summed E-state index contributed by atoms with van der Waals surface area (Å²) < 4.78 is 10.6. The summed E-state index contributed by atoms with van der Waals surface area (Å²) in [6.45, 7) is 3.73. The molecule has 1 amide bonds. The minimum Gasteiger partial charge on any atom is -0.486 e. The molecule has 23 heavy (non-hydrogen) atoms. The van der Waals surface area contributed by atoms with Crippen molar-refractivity contribution in [3.05, 3.63) is 45.9 Å². The Morgan fingerprint density at radius 1 is 1.30 bits per heavy atom. The Morgan fingerprint density at radius 3 is 2.83 bits per heavy atom. The van der Waals surface area contributed by atoms with E-state index in [1.165, 1.54) is 16.9 Å². The third-order valence-corrected chi connectivity index (χ3v) is 4.04. The van der Waals surface area contributed by atoms with Crippen LogP contribution in [0.25, 0.3) is 0 Å². The third kappa shape index (κ3) is 6.38. The SMILES string of the molecule is COCCCNC(=O)Cc1csc(COc2ccc(C)cc2)n1. The van der Waals surface area contributed by atoms with Crippen LogP contribution in [0.2, 0.25) is 0 Å². The highest BCUT2D eigenvalue weighted by atomic mass is 32.1. The van der Waals surface area contributed by atoms with Crippen molar-refractivity contribution in [3.63, 3.8) is 0 Å². The fourth-order valence-corrected chi connectivity index (χ4v) is 2.65. The number of aromatic nitrogens is 1. The number of nitrogens with one attached hydrogen (secondary N) is 1. The average molecular weight is 334 g/mol. The Balaban J connectivity index is 1.74. The van der Waals surface area contributed by atoms with Gasteiger partial charge in [0.15, 0.2) is 0 Å². The molecule has 0 unspecified atom stereocenters. The number of ether oxygens (including phenoxy) is 2. The molecule has 0 radical (unpaired) electrons. The number of aryl methyl sites for hydroxylation is 1. The zero-order valence-electron chi connectivity index (χ0n) is 13.5. The first-order valence-electron chi connectivity index (χ1n) is 7.56. The highest BCUT2D eigenvalue weighted by Crippen LogP contribution is 2.16. The lowest BCUT2D eigenvalue weighted by atomic mass is 10.2. The Kier molecular flexibility index (Phi) is 7.03. The van der Waals surface area contributed by atoms with Crippen LogP contribution in [0.5, 0.6) is 5.75 Å². The molecule has 0 fully saturated rings. The lowest BCUT2D eigenvalue weighted by molar-refractivity contribution is -0.120. The van der Waals surface area contributed by atoms with E-state index < -0.39 is 0 Å². The molecule has 1 aromatic heterocycles. The van der Waals surface area contributed by atoms with E-state index in [1.54, 1.807) is 7.11 Å². The van der Waals surface area contributed by atoms with Crippen molar-refractivity contribution in [2.75, 3.05) is 20.3 Å². The van der Waals surface area contributed by atoms with E-state index in [-0.39, 0.29) is 5.91 Å². The van der Waals surface area contributed by atoms with E-state index in [0.717, 1.165) is 22.9 Å². The van der Waals surface area contributed by atoms with Crippen molar-refractivity contribution in [2.45, 2.75) is 26.4 Å². The zero-order chi connectivity index (χ0) is 16.5. The second-order valence-corrected chi connectivity index (χ2v) is 6.15. The predicted molar refractivity (Wildman–Crippen MR) is 90.8 cm³/mol. The number of thiazole rings is 1. The summed E-state index contributed by atoms with van der Waals surface area (Å²) in [5, 5.41) is 5.63. The van der Waals surface area contributed by atoms with Crippen molar-refractivity contribution in [3.8, 4) is 5.75 Å². The summed E-state index contributed by atoms with van der Waals surface area (Å²) in [6, 6.07) is 7.90. The van der Waals surface area contributed by atoms with Crippen LogP contribution in [-0.2, 0) is 22.6 Å². The van der Waals surface area contributed by atoms with Gasteiger partial charge in [0.1, 0.15) is 17.4 Å². The number of amides is 1. The highest BCUT2D eigenvalue weighted by Gasteiger charge is 2.08. The molecule has 0 spiro atoms. The van der Waals surface area contributed by atoms with E-state index in [1.807, 2.05) is 36.6 Å². The van der Waals surface area contributed by atoms with Crippen LogP contribution < -0.4 is 10.1 Å². The molecule has 124 valence electrons. The molecule has 0 atom stereocenters. The van der Waals surface area contributed by atoms with Gasteiger partial charge >= 0.3 is 0 Å². The van der Waals surface area contributed by atoms with Gasteiger partial charge in [-0.2, -0.15) is 0 Å². The van der Waals surface area contributed by atoms with Crippen LogP contribution in [0, 0.1) is 6.92 Å². The van der Waals surface area contributed by atoms with E-state index in [4.69, 9.17) is 9.47 Å². The van der Waals surface area contributed by atoms with Crippen LogP contribution in [0.15, 0.2) is 29.6 Å².